The first-order valence-corrected chi connectivity index (χ1v) is 7.66. The molecule has 0 radical (unpaired) electrons. The lowest BCUT2D eigenvalue weighted by Gasteiger charge is -2.30. The van der Waals surface area contributed by atoms with Crippen molar-refractivity contribution in [1.29, 1.82) is 0 Å². The van der Waals surface area contributed by atoms with E-state index in [-0.39, 0.29) is 12.4 Å². The van der Waals surface area contributed by atoms with Gasteiger partial charge in [0.15, 0.2) is 0 Å². The van der Waals surface area contributed by atoms with Crippen molar-refractivity contribution < 1.29 is 17.9 Å². The van der Waals surface area contributed by atoms with E-state index in [9.17, 15) is 13.2 Å². The van der Waals surface area contributed by atoms with E-state index >= 15 is 0 Å². The molecule has 0 amide bonds. The first-order valence-electron chi connectivity index (χ1n) is 6.26. The zero-order valence-electron chi connectivity index (χ0n) is 11.1. The van der Waals surface area contributed by atoms with Crippen molar-refractivity contribution in [2.24, 2.45) is 0 Å². The molecule has 0 aromatic carbocycles. The van der Waals surface area contributed by atoms with E-state index in [0.717, 1.165) is 19.3 Å². The minimum atomic E-state index is -3.35. The van der Waals surface area contributed by atoms with Gasteiger partial charge in [-0.15, -0.1) is 0 Å². The van der Waals surface area contributed by atoms with E-state index in [0.29, 0.717) is 26.1 Å². The molecule has 7 heteroatoms. The molecule has 0 bridgehead atoms. The van der Waals surface area contributed by atoms with E-state index in [4.69, 9.17) is 0 Å². The smallest absolute Gasteiger partial charge is 0.305 e. The molecule has 1 saturated heterocycles. The highest BCUT2D eigenvalue weighted by molar-refractivity contribution is 7.86. The normalized spacial score (nSPS) is 17.9. The maximum Gasteiger partial charge on any atom is 0.305 e. The molecule has 0 aromatic heterocycles. The molecule has 1 fully saturated rings. The van der Waals surface area contributed by atoms with E-state index in [1.807, 2.05) is 0 Å². The van der Waals surface area contributed by atoms with Crippen molar-refractivity contribution in [2.45, 2.75) is 32.1 Å². The van der Waals surface area contributed by atoms with Crippen LogP contribution in [0.2, 0.25) is 0 Å². The van der Waals surface area contributed by atoms with Crippen molar-refractivity contribution in [3.63, 3.8) is 0 Å². The maximum atomic E-state index is 12.2. The molecular weight excluding hydrogens is 256 g/mol. The van der Waals surface area contributed by atoms with Crippen LogP contribution in [-0.2, 0) is 19.7 Å². The Morgan fingerprint density at radius 2 is 1.89 bits per heavy atom. The second-order valence-corrected chi connectivity index (χ2v) is 6.50. The van der Waals surface area contributed by atoms with Gasteiger partial charge in [0.05, 0.1) is 7.11 Å². The Labute approximate surface area is 109 Å². The third-order valence-corrected chi connectivity index (χ3v) is 5.10. The summed E-state index contributed by atoms with van der Waals surface area (Å²) in [5, 5.41) is 0. The summed E-state index contributed by atoms with van der Waals surface area (Å²) in [6.45, 7) is 1.54. The van der Waals surface area contributed by atoms with Crippen LogP contribution in [-0.4, -0.2) is 56.8 Å². The number of hydrogen-bond acceptors (Lipinski definition) is 4. The average molecular weight is 278 g/mol. The lowest BCUT2D eigenvalue weighted by molar-refractivity contribution is -0.140. The van der Waals surface area contributed by atoms with Gasteiger partial charge in [0.2, 0.25) is 0 Å². The van der Waals surface area contributed by atoms with Crippen molar-refractivity contribution in [1.82, 2.24) is 8.61 Å². The van der Waals surface area contributed by atoms with Crippen LogP contribution in [0.25, 0.3) is 0 Å². The molecule has 0 atom stereocenters. The van der Waals surface area contributed by atoms with Crippen molar-refractivity contribution in [3.8, 4) is 0 Å². The van der Waals surface area contributed by atoms with Crippen molar-refractivity contribution in [3.05, 3.63) is 0 Å². The molecule has 106 valence electrons. The second-order valence-electron chi connectivity index (χ2n) is 4.47. The molecule has 1 heterocycles. The standard InChI is InChI=1S/C11H22N2O4S/c1-12(8-6-7-11(14)17-2)18(15,16)13-9-4-3-5-10-13/h3-10H2,1-2H3. The van der Waals surface area contributed by atoms with Crippen LogP contribution in [0.15, 0.2) is 0 Å². The molecule has 1 aliphatic heterocycles. The highest BCUT2D eigenvalue weighted by atomic mass is 32.2. The van der Waals surface area contributed by atoms with Gasteiger partial charge in [0.1, 0.15) is 0 Å². The monoisotopic (exact) mass is 278 g/mol. The Morgan fingerprint density at radius 3 is 2.44 bits per heavy atom. The van der Waals surface area contributed by atoms with Gasteiger partial charge in [-0.2, -0.15) is 17.0 Å². The average Bonchev–Trinajstić information content (AvgIpc) is 2.39. The number of hydrogen-bond donors (Lipinski definition) is 0. The summed E-state index contributed by atoms with van der Waals surface area (Å²) < 4.78 is 31.7. The summed E-state index contributed by atoms with van der Waals surface area (Å²) in [4.78, 5) is 10.9. The molecule has 0 spiro atoms. The number of esters is 1. The molecule has 0 aromatic rings. The van der Waals surface area contributed by atoms with Crippen LogP contribution in [0.5, 0.6) is 0 Å². The molecule has 18 heavy (non-hydrogen) atoms. The van der Waals surface area contributed by atoms with Gasteiger partial charge in [-0.1, -0.05) is 6.42 Å². The third-order valence-electron chi connectivity index (χ3n) is 3.12. The molecule has 6 nitrogen and oxygen atoms in total. The maximum absolute atomic E-state index is 12.2. The largest absolute Gasteiger partial charge is 0.469 e. The lowest BCUT2D eigenvalue weighted by atomic mass is 10.2. The highest BCUT2D eigenvalue weighted by Gasteiger charge is 2.27. The fourth-order valence-corrected chi connectivity index (χ4v) is 3.43. The molecule has 1 aliphatic rings. The molecule has 0 saturated carbocycles. The van der Waals surface area contributed by atoms with Crippen molar-refractivity contribution >= 4 is 16.2 Å². The zero-order chi connectivity index (χ0) is 13.6. The number of piperidine rings is 1. The quantitative estimate of drug-likeness (QED) is 0.667. The van der Waals surface area contributed by atoms with Crippen LogP contribution in [0.1, 0.15) is 32.1 Å². The first kappa shape index (κ1) is 15.4. The SMILES string of the molecule is COC(=O)CCCN(C)S(=O)(=O)N1CCCCC1. The van der Waals surface area contributed by atoms with Crippen LogP contribution < -0.4 is 0 Å². The number of carbonyl (C=O) groups is 1. The first-order chi connectivity index (χ1) is 8.48. The van der Waals surface area contributed by atoms with Gasteiger partial charge in [-0.05, 0) is 19.3 Å². The minimum absolute atomic E-state index is 0.246. The minimum Gasteiger partial charge on any atom is -0.469 e. The Bertz CT molecular complexity index is 363. The van der Waals surface area contributed by atoms with Crippen LogP contribution in [0, 0.1) is 0 Å². The van der Waals surface area contributed by atoms with Gasteiger partial charge in [-0.25, -0.2) is 0 Å². The summed E-state index contributed by atoms with van der Waals surface area (Å²) in [7, 11) is -0.466. The fraction of sp³-hybridized carbons (Fsp3) is 0.909. The summed E-state index contributed by atoms with van der Waals surface area (Å²) >= 11 is 0. The van der Waals surface area contributed by atoms with Crippen LogP contribution >= 0.6 is 0 Å². The summed E-state index contributed by atoms with van der Waals surface area (Å²) in [5.41, 5.74) is 0. The van der Waals surface area contributed by atoms with E-state index < -0.39 is 10.2 Å². The molecule has 0 unspecified atom stereocenters. The second kappa shape index (κ2) is 7.06. The van der Waals surface area contributed by atoms with Gasteiger partial charge in [0, 0.05) is 33.1 Å². The Morgan fingerprint density at radius 1 is 1.28 bits per heavy atom. The van der Waals surface area contributed by atoms with Crippen LogP contribution in [0.4, 0.5) is 0 Å². The lowest BCUT2D eigenvalue weighted by Crippen LogP contribution is -2.44. The number of ether oxygens (including phenoxy) is 1. The Balaban J connectivity index is 2.43. The third kappa shape index (κ3) is 4.22. The summed E-state index contributed by atoms with van der Waals surface area (Å²) in [6, 6.07) is 0. The zero-order valence-corrected chi connectivity index (χ0v) is 11.9. The van der Waals surface area contributed by atoms with Crippen molar-refractivity contribution in [2.75, 3.05) is 33.8 Å². The van der Waals surface area contributed by atoms with E-state index in [1.54, 1.807) is 7.05 Å². The fourth-order valence-electron chi connectivity index (χ4n) is 1.96. The topological polar surface area (TPSA) is 66.9 Å². The Hall–Kier alpha value is -0.660. The molecule has 1 rings (SSSR count). The molecular formula is C11H22N2O4S. The van der Waals surface area contributed by atoms with Gasteiger partial charge < -0.3 is 4.74 Å². The van der Waals surface area contributed by atoms with E-state index in [2.05, 4.69) is 4.74 Å². The van der Waals surface area contributed by atoms with Crippen LogP contribution in [0.3, 0.4) is 0 Å². The predicted molar refractivity (Wildman–Crippen MR) is 68.2 cm³/mol. The molecule has 0 aliphatic carbocycles. The van der Waals surface area contributed by atoms with Gasteiger partial charge in [0.25, 0.3) is 10.2 Å². The highest BCUT2D eigenvalue weighted by Crippen LogP contribution is 2.15. The number of methoxy groups -OCH3 is 1. The van der Waals surface area contributed by atoms with Gasteiger partial charge in [-0.3, -0.25) is 4.79 Å². The predicted octanol–water partition coefficient (Wildman–Crippen LogP) is 0.602. The summed E-state index contributed by atoms with van der Waals surface area (Å²) in [6.07, 6.45) is 3.68. The number of nitrogens with zero attached hydrogens (tertiary/aromatic N) is 2. The van der Waals surface area contributed by atoms with Gasteiger partial charge >= 0.3 is 5.97 Å². The Kier molecular flexibility index (Phi) is 6.04. The number of carbonyl (C=O) groups excluding carboxylic acids is 1. The van der Waals surface area contributed by atoms with E-state index in [1.165, 1.54) is 15.7 Å². The summed E-state index contributed by atoms with van der Waals surface area (Å²) in [5.74, 6) is -0.307. The number of rotatable bonds is 6. The molecule has 0 N–H and O–H groups in total.